The molecule has 1 aromatic carbocycles. The van der Waals surface area contributed by atoms with Crippen molar-refractivity contribution in [2.75, 3.05) is 0 Å². The van der Waals surface area contributed by atoms with Crippen molar-refractivity contribution in [3.8, 4) is 0 Å². The van der Waals surface area contributed by atoms with Crippen LogP contribution in [0.1, 0.15) is 34.9 Å². The summed E-state index contributed by atoms with van der Waals surface area (Å²) in [5, 5.41) is 0. The molecule has 0 saturated carbocycles. The van der Waals surface area contributed by atoms with Gasteiger partial charge in [-0.05, 0) is 31.9 Å². The predicted molar refractivity (Wildman–Crippen MR) is 83.2 cm³/mol. The Balaban J connectivity index is 2.52. The predicted octanol–water partition coefficient (Wildman–Crippen LogP) is 3.32. The second kappa shape index (κ2) is 5.49. The first-order valence-electron chi connectivity index (χ1n) is 6.37. The summed E-state index contributed by atoms with van der Waals surface area (Å²) in [6, 6.07) is 10.0. The Morgan fingerprint density at radius 1 is 1.21 bits per heavy atom. The van der Waals surface area contributed by atoms with Crippen molar-refractivity contribution < 1.29 is 0 Å². The lowest BCUT2D eigenvalue weighted by atomic mass is 10.00. The highest BCUT2D eigenvalue weighted by molar-refractivity contribution is 7.81. The van der Waals surface area contributed by atoms with Crippen LogP contribution in [-0.4, -0.2) is 9.85 Å². The molecule has 0 fully saturated rings. The van der Waals surface area contributed by atoms with E-state index in [9.17, 15) is 4.79 Å². The lowest BCUT2D eigenvalue weighted by Crippen LogP contribution is -2.16. The van der Waals surface area contributed by atoms with Gasteiger partial charge in [-0.2, -0.15) is 0 Å². The van der Waals surface area contributed by atoms with E-state index in [4.69, 9.17) is 12.2 Å². The zero-order chi connectivity index (χ0) is 14.0. The van der Waals surface area contributed by atoms with E-state index in [1.807, 2.05) is 37.3 Å². The maximum atomic E-state index is 11.7. The highest BCUT2D eigenvalue weighted by Gasteiger charge is 2.11. The molecule has 0 aliphatic rings. The van der Waals surface area contributed by atoms with Gasteiger partial charge in [0.15, 0.2) is 0 Å². The van der Waals surface area contributed by atoms with Gasteiger partial charge in [-0.3, -0.25) is 4.79 Å². The highest BCUT2D eigenvalue weighted by Crippen LogP contribution is 2.15. The zero-order valence-corrected chi connectivity index (χ0v) is 12.2. The van der Waals surface area contributed by atoms with Gasteiger partial charge < -0.3 is 4.98 Å². The van der Waals surface area contributed by atoms with Crippen molar-refractivity contribution in [2.45, 2.75) is 27.2 Å². The maximum absolute atomic E-state index is 11.7. The Bertz CT molecular complexity index is 668. The summed E-state index contributed by atoms with van der Waals surface area (Å²) in [6.45, 7) is 5.87. The number of thiocarbonyl (C=S) groups is 1. The number of benzene rings is 1. The molecule has 1 heterocycles. The van der Waals surface area contributed by atoms with Crippen LogP contribution in [0.5, 0.6) is 0 Å². The number of H-pyrrole nitrogens is 1. The Morgan fingerprint density at radius 2 is 1.84 bits per heavy atom. The fourth-order valence-electron chi connectivity index (χ4n) is 2.01. The SMILES string of the molecule is CCc1[nH]c(=O)c(C)cc1C(=S)c1ccc(C)cc1. The molecular formula is C16H17NOS. The van der Waals surface area contributed by atoms with Gasteiger partial charge in [0.25, 0.3) is 5.56 Å². The Hall–Kier alpha value is -1.74. The average molecular weight is 271 g/mol. The smallest absolute Gasteiger partial charge is 0.251 e. The number of hydrogen-bond acceptors (Lipinski definition) is 2. The number of aromatic amines is 1. The van der Waals surface area contributed by atoms with Gasteiger partial charge in [0.1, 0.15) is 0 Å². The molecule has 0 amide bonds. The molecule has 0 aliphatic heterocycles. The van der Waals surface area contributed by atoms with E-state index >= 15 is 0 Å². The fourth-order valence-corrected chi connectivity index (χ4v) is 2.33. The lowest BCUT2D eigenvalue weighted by molar-refractivity contribution is 0.993. The quantitative estimate of drug-likeness (QED) is 0.686. The second-order valence-electron chi connectivity index (χ2n) is 4.72. The summed E-state index contributed by atoms with van der Waals surface area (Å²) >= 11 is 5.56. The molecule has 2 aromatic rings. The van der Waals surface area contributed by atoms with E-state index < -0.39 is 0 Å². The zero-order valence-electron chi connectivity index (χ0n) is 11.4. The minimum Gasteiger partial charge on any atom is -0.325 e. The molecular weight excluding hydrogens is 254 g/mol. The highest BCUT2D eigenvalue weighted by atomic mass is 32.1. The van der Waals surface area contributed by atoms with Crippen LogP contribution in [0, 0.1) is 13.8 Å². The molecule has 98 valence electrons. The van der Waals surface area contributed by atoms with Crippen molar-refractivity contribution in [1.29, 1.82) is 0 Å². The first-order valence-corrected chi connectivity index (χ1v) is 6.78. The second-order valence-corrected chi connectivity index (χ2v) is 5.13. The molecule has 0 spiro atoms. The molecule has 2 rings (SSSR count). The Morgan fingerprint density at radius 3 is 2.42 bits per heavy atom. The third kappa shape index (κ3) is 2.82. The number of rotatable bonds is 3. The van der Waals surface area contributed by atoms with Crippen molar-refractivity contribution in [3.05, 3.63) is 68.6 Å². The van der Waals surface area contributed by atoms with Gasteiger partial charge >= 0.3 is 0 Å². The molecule has 19 heavy (non-hydrogen) atoms. The molecule has 0 unspecified atom stereocenters. The molecule has 0 saturated heterocycles. The first kappa shape index (κ1) is 13.7. The molecule has 0 aliphatic carbocycles. The summed E-state index contributed by atoms with van der Waals surface area (Å²) in [5.41, 5.74) is 4.75. The monoisotopic (exact) mass is 271 g/mol. The van der Waals surface area contributed by atoms with Gasteiger partial charge in [-0.1, -0.05) is 49.0 Å². The number of hydrogen-bond donors (Lipinski definition) is 1. The van der Waals surface area contributed by atoms with Crippen molar-refractivity contribution in [2.24, 2.45) is 0 Å². The van der Waals surface area contributed by atoms with Crippen LogP contribution in [0.15, 0.2) is 35.1 Å². The Kier molecular flexibility index (Phi) is 3.96. The molecule has 1 aromatic heterocycles. The molecule has 0 bridgehead atoms. The summed E-state index contributed by atoms with van der Waals surface area (Å²) in [7, 11) is 0. The van der Waals surface area contributed by atoms with E-state index in [0.717, 1.165) is 28.1 Å². The van der Waals surface area contributed by atoms with Crippen LogP contribution < -0.4 is 5.56 Å². The largest absolute Gasteiger partial charge is 0.325 e. The summed E-state index contributed by atoms with van der Waals surface area (Å²) in [5.74, 6) is 0. The van der Waals surface area contributed by atoms with Gasteiger partial charge in [-0.25, -0.2) is 0 Å². The standard InChI is InChI=1S/C16H17NOS/c1-4-14-13(9-11(3)16(18)17-14)15(19)12-7-5-10(2)6-8-12/h5-9H,4H2,1-3H3,(H,17,18). The molecule has 0 atom stereocenters. The van der Waals surface area contributed by atoms with Crippen molar-refractivity contribution in [1.82, 2.24) is 4.98 Å². The topological polar surface area (TPSA) is 32.9 Å². The normalized spacial score (nSPS) is 10.5. The number of aromatic nitrogens is 1. The fraction of sp³-hybridized carbons (Fsp3) is 0.250. The van der Waals surface area contributed by atoms with Gasteiger partial charge in [0.2, 0.25) is 0 Å². The van der Waals surface area contributed by atoms with Crippen molar-refractivity contribution >= 4 is 17.1 Å². The van der Waals surface area contributed by atoms with Crippen LogP contribution >= 0.6 is 12.2 Å². The minimum absolute atomic E-state index is 0.0349. The van der Waals surface area contributed by atoms with Gasteiger partial charge in [0, 0.05) is 16.8 Å². The molecule has 2 nitrogen and oxygen atoms in total. The Labute approximate surface area is 118 Å². The summed E-state index contributed by atoms with van der Waals surface area (Å²) in [4.78, 5) is 15.4. The van der Waals surface area contributed by atoms with Gasteiger partial charge in [0.05, 0.1) is 4.86 Å². The van der Waals surface area contributed by atoms with E-state index in [1.54, 1.807) is 6.92 Å². The van der Waals surface area contributed by atoms with Crippen LogP contribution in [0.3, 0.4) is 0 Å². The third-order valence-electron chi connectivity index (χ3n) is 3.22. The van der Waals surface area contributed by atoms with Crippen LogP contribution in [0.25, 0.3) is 0 Å². The number of pyridine rings is 1. The van der Waals surface area contributed by atoms with Crippen LogP contribution in [0.4, 0.5) is 0 Å². The molecule has 3 heteroatoms. The number of nitrogens with one attached hydrogen (secondary N) is 1. The van der Waals surface area contributed by atoms with E-state index in [-0.39, 0.29) is 5.56 Å². The summed E-state index contributed by atoms with van der Waals surface area (Å²) < 4.78 is 0. The lowest BCUT2D eigenvalue weighted by Gasteiger charge is -2.10. The van der Waals surface area contributed by atoms with E-state index in [2.05, 4.69) is 11.9 Å². The van der Waals surface area contributed by atoms with E-state index in [1.165, 1.54) is 5.56 Å². The molecule has 1 N–H and O–H groups in total. The maximum Gasteiger partial charge on any atom is 0.251 e. The third-order valence-corrected chi connectivity index (χ3v) is 3.68. The molecule has 0 radical (unpaired) electrons. The minimum atomic E-state index is -0.0349. The van der Waals surface area contributed by atoms with Crippen LogP contribution in [0.2, 0.25) is 0 Å². The van der Waals surface area contributed by atoms with E-state index in [0.29, 0.717) is 5.56 Å². The summed E-state index contributed by atoms with van der Waals surface area (Å²) in [6.07, 6.45) is 0.761. The van der Waals surface area contributed by atoms with Gasteiger partial charge in [-0.15, -0.1) is 0 Å². The number of aryl methyl sites for hydroxylation is 3. The van der Waals surface area contributed by atoms with Crippen LogP contribution in [-0.2, 0) is 6.42 Å². The first-order chi connectivity index (χ1) is 9.02. The average Bonchev–Trinajstić information content (AvgIpc) is 2.41. The van der Waals surface area contributed by atoms with Crippen molar-refractivity contribution in [3.63, 3.8) is 0 Å².